The van der Waals surface area contributed by atoms with Crippen molar-refractivity contribution in [2.45, 2.75) is 6.04 Å². The van der Waals surface area contributed by atoms with Gasteiger partial charge in [0, 0.05) is 23.0 Å². The molecule has 0 spiro atoms. The lowest BCUT2D eigenvalue weighted by Crippen LogP contribution is -2.31. The van der Waals surface area contributed by atoms with E-state index >= 15 is 0 Å². The Balaban J connectivity index is 1.75. The zero-order valence-corrected chi connectivity index (χ0v) is 13.5. The van der Waals surface area contributed by atoms with E-state index in [1.807, 2.05) is 59.3 Å². The third-order valence-corrected chi connectivity index (χ3v) is 4.13. The van der Waals surface area contributed by atoms with Gasteiger partial charge in [0.2, 0.25) is 0 Å². The average Bonchev–Trinajstić information content (AvgIpc) is 3.14. The number of imidazole rings is 1. The number of halogens is 1. The number of nitrogens with one attached hydrogen (secondary N) is 1. The third-order valence-electron chi connectivity index (χ3n) is 3.90. The van der Waals surface area contributed by atoms with E-state index in [0.29, 0.717) is 11.6 Å². The molecule has 1 aromatic heterocycles. The van der Waals surface area contributed by atoms with Crippen molar-refractivity contribution in [2.75, 3.05) is 12.0 Å². The summed E-state index contributed by atoms with van der Waals surface area (Å²) in [7, 11) is 0. The van der Waals surface area contributed by atoms with Gasteiger partial charge in [-0.2, -0.15) is 5.10 Å². The first-order valence-corrected chi connectivity index (χ1v) is 7.98. The Morgan fingerprint density at radius 2 is 2.08 bits per heavy atom. The molecule has 2 heterocycles. The molecule has 1 aliphatic rings. The molecule has 24 heavy (non-hydrogen) atoms. The maximum Gasteiger partial charge on any atom is 0.130 e. The zero-order valence-electron chi connectivity index (χ0n) is 12.8. The molecule has 0 fully saturated rings. The fourth-order valence-electron chi connectivity index (χ4n) is 2.71. The van der Waals surface area contributed by atoms with E-state index in [0.717, 1.165) is 22.7 Å². The van der Waals surface area contributed by atoms with Gasteiger partial charge in [-0.1, -0.05) is 29.8 Å². The average molecular weight is 339 g/mol. The standard InChI is InChI=1S/C18H15ClN4O/c19-13-6-7-15-17(10-13)24-11-16(23-9-8-20-12-23)18(15)22-21-14-4-2-1-3-5-14/h1-10,12,16,21H,11H2/b22-18-. The van der Waals surface area contributed by atoms with E-state index in [-0.39, 0.29) is 6.04 Å². The van der Waals surface area contributed by atoms with E-state index in [1.54, 1.807) is 12.5 Å². The molecule has 0 bridgehead atoms. The van der Waals surface area contributed by atoms with E-state index in [1.165, 1.54) is 0 Å². The molecule has 0 saturated heterocycles. The highest BCUT2D eigenvalue weighted by Gasteiger charge is 2.28. The first-order chi connectivity index (χ1) is 11.8. The number of hydrazone groups is 1. The summed E-state index contributed by atoms with van der Waals surface area (Å²) < 4.78 is 7.87. The van der Waals surface area contributed by atoms with Crippen LogP contribution in [0.4, 0.5) is 5.69 Å². The monoisotopic (exact) mass is 338 g/mol. The van der Waals surface area contributed by atoms with E-state index in [2.05, 4.69) is 15.5 Å². The lowest BCUT2D eigenvalue weighted by atomic mass is 10.00. The minimum Gasteiger partial charge on any atom is -0.490 e. The number of benzene rings is 2. The molecule has 0 aliphatic carbocycles. The van der Waals surface area contributed by atoms with Crippen LogP contribution in [-0.2, 0) is 0 Å². The van der Waals surface area contributed by atoms with Gasteiger partial charge in [-0.15, -0.1) is 0 Å². The third kappa shape index (κ3) is 2.86. The summed E-state index contributed by atoms with van der Waals surface area (Å²) in [5.74, 6) is 0.743. The number of nitrogens with zero attached hydrogens (tertiary/aromatic N) is 3. The van der Waals surface area contributed by atoms with Crippen LogP contribution in [0.2, 0.25) is 5.02 Å². The molecule has 1 atom stereocenters. The molecule has 2 aromatic carbocycles. The highest BCUT2D eigenvalue weighted by atomic mass is 35.5. The molecule has 0 saturated carbocycles. The quantitative estimate of drug-likeness (QED) is 0.735. The minimum absolute atomic E-state index is 0.0580. The molecule has 0 amide bonds. The van der Waals surface area contributed by atoms with Crippen LogP contribution >= 0.6 is 11.6 Å². The Bertz CT molecular complexity index is 862. The second kappa shape index (κ2) is 6.37. The van der Waals surface area contributed by atoms with Crippen molar-refractivity contribution < 1.29 is 4.74 Å². The van der Waals surface area contributed by atoms with Crippen molar-refractivity contribution in [3.63, 3.8) is 0 Å². The number of rotatable bonds is 3. The van der Waals surface area contributed by atoms with Crippen LogP contribution in [0.15, 0.2) is 72.4 Å². The van der Waals surface area contributed by atoms with Gasteiger partial charge in [0.1, 0.15) is 18.4 Å². The lowest BCUT2D eigenvalue weighted by Gasteiger charge is -2.28. The molecule has 6 heteroatoms. The van der Waals surface area contributed by atoms with E-state index in [9.17, 15) is 0 Å². The second-order valence-electron chi connectivity index (χ2n) is 5.45. The fraction of sp³-hybridized carbons (Fsp3) is 0.111. The SMILES string of the molecule is Clc1ccc2c(c1)OCC(n1ccnc1)/C2=N\Nc1ccccc1. The number of hydrogen-bond donors (Lipinski definition) is 1. The normalized spacial score (nSPS) is 18.0. The molecule has 1 aliphatic heterocycles. The van der Waals surface area contributed by atoms with Gasteiger partial charge >= 0.3 is 0 Å². The van der Waals surface area contributed by atoms with Gasteiger partial charge in [0.25, 0.3) is 0 Å². The lowest BCUT2D eigenvalue weighted by molar-refractivity contribution is 0.273. The van der Waals surface area contributed by atoms with Crippen molar-refractivity contribution in [1.82, 2.24) is 9.55 Å². The minimum atomic E-state index is -0.0580. The summed E-state index contributed by atoms with van der Waals surface area (Å²) in [5, 5.41) is 5.30. The molecule has 1 unspecified atom stereocenters. The van der Waals surface area contributed by atoms with E-state index < -0.39 is 0 Å². The highest BCUT2D eigenvalue weighted by molar-refractivity contribution is 6.31. The molecular weight excluding hydrogens is 324 g/mol. The Morgan fingerprint density at radius 3 is 2.88 bits per heavy atom. The largest absolute Gasteiger partial charge is 0.490 e. The summed E-state index contributed by atoms with van der Waals surface area (Å²) in [5.41, 5.74) is 5.86. The van der Waals surface area contributed by atoms with Crippen LogP contribution in [0.3, 0.4) is 0 Å². The maximum absolute atomic E-state index is 6.08. The van der Waals surface area contributed by atoms with Gasteiger partial charge < -0.3 is 9.30 Å². The zero-order chi connectivity index (χ0) is 16.4. The predicted octanol–water partition coefficient (Wildman–Crippen LogP) is 3.99. The highest BCUT2D eigenvalue weighted by Crippen LogP contribution is 2.32. The molecule has 3 aromatic rings. The number of ether oxygens (including phenoxy) is 1. The summed E-state index contributed by atoms with van der Waals surface area (Å²) in [6.45, 7) is 0.471. The number of anilines is 1. The van der Waals surface area contributed by atoms with Crippen molar-refractivity contribution in [3.05, 3.63) is 77.8 Å². The Kier molecular flexibility index (Phi) is 3.92. The van der Waals surface area contributed by atoms with Crippen LogP contribution in [0.25, 0.3) is 0 Å². The molecule has 1 N–H and O–H groups in total. The second-order valence-corrected chi connectivity index (χ2v) is 5.89. The molecule has 5 nitrogen and oxygen atoms in total. The van der Waals surface area contributed by atoms with Crippen molar-refractivity contribution >= 4 is 23.0 Å². The van der Waals surface area contributed by atoms with Crippen LogP contribution in [-0.4, -0.2) is 21.9 Å². The number of fused-ring (bicyclic) bond motifs is 1. The van der Waals surface area contributed by atoms with Crippen LogP contribution in [0, 0.1) is 0 Å². The number of aromatic nitrogens is 2. The Morgan fingerprint density at radius 1 is 1.21 bits per heavy atom. The van der Waals surface area contributed by atoms with Crippen LogP contribution in [0.1, 0.15) is 11.6 Å². The topological polar surface area (TPSA) is 51.4 Å². The van der Waals surface area contributed by atoms with Crippen molar-refractivity contribution in [2.24, 2.45) is 5.10 Å². The Labute approximate surface area is 144 Å². The molecular formula is C18H15ClN4O. The molecule has 120 valence electrons. The first kappa shape index (κ1) is 14.8. The van der Waals surface area contributed by atoms with Crippen LogP contribution < -0.4 is 10.2 Å². The summed E-state index contributed by atoms with van der Waals surface area (Å²) in [6, 6.07) is 15.4. The number of para-hydroxylation sites is 1. The van der Waals surface area contributed by atoms with E-state index in [4.69, 9.17) is 16.3 Å². The summed E-state index contributed by atoms with van der Waals surface area (Å²) >= 11 is 6.08. The van der Waals surface area contributed by atoms with Gasteiger partial charge in [0.05, 0.1) is 17.7 Å². The maximum atomic E-state index is 6.08. The summed E-state index contributed by atoms with van der Waals surface area (Å²) in [6.07, 6.45) is 5.43. The predicted molar refractivity (Wildman–Crippen MR) is 94.8 cm³/mol. The molecule has 4 rings (SSSR count). The van der Waals surface area contributed by atoms with Crippen molar-refractivity contribution in [3.8, 4) is 5.75 Å². The van der Waals surface area contributed by atoms with Crippen molar-refractivity contribution in [1.29, 1.82) is 0 Å². The molecule has 0 radical (unpaired) electrons. The fourth-order valence-corrected chi connectivity index (χ4v) is 2.87. The summed E-state index contributed by atoms with van der Waals surface area (Å²) in [4.78, 5) is 4.13. The Hall–Kier alpha value is -2.79. The smallest absolute Gasteiger partial charge is 0.130 e. The van der Waals surface area contributed by atoms with Gasteiger partial charge in [-0.05, 0) is 30.3 Å². The first-order valence-electron chi connectivity index (χ1n) is 7.60. The van der Waals surface area contributed by atoms with Crippen LogP contribution in [0.5, 0.6) is 5.75 Å². The van der Waals surface area contributed by atoms with Gasteiger partial charge in [0.15, 0.2) is 0 Å². The van der Waals surface area contributed by atoms with Gasteiger partial charge in [-0.3, -0.25) is 5.43 Å². The van der Waals surface area contributed by atoms with Gasteiger partial charge in [-0.25, -0.2) is 4.98 Å². The number of hydrogen-bond acceptors (Lipinski definition) is 4.